The molecular formula is C34H34N2O2S. The fourth-order valence-electron chi connectivity index (χ4n) is 5.76. The number of benzene rings is 4. The van der Waals surface area contributed by atoms with Crippen LogP contribution in [0.4, 0.5) is 5.69 Å². The number of rotatable bonds is 7. The normalized spacial score (nSPS) is 22.4. The average Bonchev–Trinajstić information content (AvgIpc) is 3.27. The van der Waals surface area contributed by atoms with Crippen molar-refractivity contribution in [2.45, 2.75) is 50.8 Å². The van der Waals surface area contributed by atoms with Gasteiger partial charge in [-0.05, 0) is 71.0 Å². The van der Waals surface area contributed by atoms with Gasteiger partial charge in [0.1, 0.15) is 12.4 Å². The summed E-state index contributed by atoms with van der Waals surface area (Å²) in [7, 11) is 0. The summed E-state index contributed by atoms with van der Waals surface area (Å²) in [6, 6.07) is 33.2. The zero-order valence-electron chi connectivity index (χ0n) is 22.3. The molecule has 1 amide bonds. The Balaban J connectivity index is 1.18. The SMILES string of the molecule is C[C@@H]1CCCC[C@@H]1N1C(=O)/C(=C/c2ccc(OCc3cccc4ccccc34)cc2)SC1Nc1ccccc1. The van der Waals surface area contributed by atoms with Crippen molar-refractivity contribution in [1.29, 1.82) is 0 Å². The first-order valence-electron chi connectivity index (χ1n) is 13.9. The molecule has 2 fully saturated rings. The molecule has 5 heteroatoms. The molecule has 4 nitrogen and oxygen atoms in total. The Hall–Kier alpha value is -3.70. The maximum atomic E-state index is 13.8. The van der Waals surface area contributed by atoms with E-state index < -0.39 is 0 Å². The maximum Gasteiger partial charge on any atom is 0.262 e. The minimum Gasteiger partial charge on any atom is -0.489 e. The number of fused-ring (bicyclic) bond motifs is 1. The second-order valence-corrected chi connectivity index (χ2v) is 11.6. The van der Waals surface area contributed by atoms with E-state index >= 15 is 0 Å². The van der Waals surface area contributed by atoms with Gasteiger partial charge in [-0.2, -0.15) is 0 Å². The molecule has 1 saturated heterocycles. The minimum absolute atomic E-state index is 0.111. The summed E-state index contributed by atoms with van der Waals surface area (Å²) >= 11 is 1.62. The molecule has 0 bridgehead atoms. The van der Waals surface area contributed by atoms with Crippen LogP contribution in [0.5, 0.6) is 5.75 Å². The Labute approximate surface area is 235 Å². The predicted molar refractivity (Wildman–Crippen MR) is 162 cm³/mol. The van der Waals surface area contributed by atoms with Gasteiger partial charge in [0, 0.05) is 11.7 Å². The van der Waals surface area contributed by atoms with Crippen LogP contribution in [0.25, 0.3) is 16.8 Å². The Morgan fingerprint density at radius 2 is 1.64 bits per heavy atom. The van der Waals surface area contributed by atoms with Crippen LogP contribution in [-0.4, -0.2) is 22.3 Å². The summed E-state index contributed by atoms with van der Waals surface area (Å²) in [6.45, 7) is 2.80. The van der Waals surface area contributed by atoms with Crippen molar-refractivity contribution in [3.63, 3.8) is 0 Å². The highest BCUT2D eigenvalue weighted by molar-refractivity contribution is 8.05. The van der Waals surface area contributed by atoms with Gasteiger partial charge >= 0.3 is 0 Å². The van der Waals surface area contributed by atoms with E-state index in [1.54, 1.807) is 11.8 Å². The summed E-state index contributed by atoms with van der Waals surface area (Å²) in [6.07, 6.45) is 6.70. The summed E-state index contributed by atoms with van der Waals surface area (Å²) in [5, 5.41) is 6.05. The third kappa shape index (κ3) is 5.69. The van der Waals surface area contributed by atoms with Crippen LogP contribution < -0.4 is 10.1 Å². The maximum absolute atomic E-state index is 13.8. The van der Waals surface area contributed by atoms with E-state index in [2.05, 4.69) is 71.7 Å². The number of nitrogens with one attached hydrogen (secondary N) is 1. The van der Waals surface area contributed by atoms with E-state index in [1.165, 1.54) is 35.6 Å². The molecule has 1 aliphatic heterocycles. The molecule has 1 unspecified atom stereocenters. The lowest BCUT2D eigenvalue weighted by molar-refractivity contribution is -0.129. The van der Waals surface area contributed by atoms with Crippen LogP contribution in [0, 0.1) is 5.92 Å². The number of hydrogen-bond donors (Lipinski definition) is 1. The van der Waals surface area contributed by atoms with Gasteiger partial charge in [0.2, 0.25) is 0 Å². The second-order valence-electron chi connectivity index (χ2n) is 10.5. The second kappa shape index (κ2) is 11.6. The lowest BCUT2D eigenvalue weighted by Gasteiger charge is -2.39. The van der Waals surface area contributed by atoms with Crippen molar-refractivity contribution in [1.82, 2.24) is 4.90 Å². The molecule has 3 atom stereocenters. The fraction of sp³-hybridized carbons (Fsp3) is 0.265. The molecule has 4 aromatic carbocycles. The van der Waals surface area contributed by atoms with Crippen molar-refractivity contribution in [3.05, 3.63) is 113 Å². The first-order chi connectivity index (χ1) is 19.2. The summed E-state index contributed by atoms with van der Waals surface area (Å²) in [5.41, 5.74) is 3.09. The highest BCUT2D eigenvalue weighted by Crippen LogP contribution is 2.42. The fourth-order valence-corrected chi connectivity index (χ4v) is 6.97. The Morgan fingerprint density at radius 3 is 2.46 bits per heavy atom. The molecule has 2 aliphatic rings. The molecule has 4 aromatic rings. The molecule has 6 rings (SSSR count). The Kier molecular flexibility index (Phi) is 7.60. The van der Waals surface area contributed by atoms with Crippen molar-refractivity contribution in [3.8, 4) is 5.75 Å². The van der Waals surface area contributed by atoms with E-state index in [9.17, 15) is 4.79 Å². The lowest BCUT2D eigenvalue weighted by Crippen LogP contribution is -2.48. The molecule has 1 heterocycles. The smallest absolute Gasteiger partial charge is 0.262 e. The number of nitrogens with zero attached hydrogens (tertiary/aromatic N) is 1. The van der Waals surface area contributed by atoms with E-state index in [4.69, 9.17) is 4.74 Å². The number of amides is 1. The summed E-state index contributed by atoms with van der Waals surface area (Å²) in [5.74, 6) is 1.45. The highest BCUT2D eigenvalue weighted by Gasteiger charge is 2.42. The van der Waals surface area contributed by atoms with Crippen molar-refractivity contribution < 1.29 is 9.53 Å². The number of anilines is 1. The topological polar surface area (TPSA) is 41.6 Å². The third-order valence-corrected chi connectivity index (χ3v) is 8.99. The summed E-state index contributed by atoms with van der Waals surface area (Å²) < 4.78 is 6.13. The molecule has 198 valence electrons. The van der Waals surface area contributed by atoms with Crippen LogP contribution >= 0.6 is 11.8 Å². The predicted octanol–water partition coefficient (Wildman–Crippen LogP) is 8.31. The van der Waals surface area contributed by atoms with Crippen LogP contribution in [0.3, 0.4) is 0 Å². The molecule has 1 saturated carbocycles. The molecule has 39 heavy (non-hydrogen) atoms. The number of para-hydroxylation sites is 1. The van der Waals surface area contributed by atoms with Crippen LogP contribution in [0.1, 0.15) is 43.7 Å². The summed E-state index contributed by atoms with van der Waals surface area (Å²) in [4.78, 5) is 16.6. The molecule has 0 radical (unpaired) electrons. The average molecular weight is 535 g/mol. The van der Waals surface area contributed by atoms with E-state index in [0.717, 1.165) is 28.3 Å². The molecule has 1 N–H and O–H groups in total. The standard InChI is InChI=1S/C34H34N2O2S/c1-24-10-5-8-17-31(24)36-33(37)32(39-34(36)35-28-14-3-2-4-15-28)22-25-18-20-29(21-19-25)38-23-27-13-9-12-26-11-6-7-16-30(26)27/h2-4,6-7,9,11-16,18-22,24,31,34-35H,5,8,10,17,23H2,1H3/b32-22-/t24-,31+,34?/m1/s1. The van der Waals surface area contributed by atoms with Gasteiger partial charge in [-0.15, -0.1) is 0 Å². The number of ether oxygens (including phenoxy) is 1. The quantitative estimate of drug-likeness (QED) is 0.242. The molecular weight excluding hydrogens is 500 g/mol. The van der Waals surface area contributed by atoms with Gasteiger partial charge in [0.25, 0.3) is 5.91 Å². The first kappa shape index (κ1) is 25.6. The van der Waals surface area contributed by atoms with Crippen molar-refractivity contribution >= 4 is 40.2 Å². The number of carbonyl (C=O) groups is 1. The van der Waals surface area contributed by atoms with E-state index in [-0.39, 0.29) is 17.4 Å². The molecule has 0 spiro atoms. The van der Waals surface area contributed by atoms with Crippen LogP contribution in [0.2, 0.25) is 0 Å². The Bertz CT molecular complexity index is 1460. The number of thioether (sulfide) groups is 1. The minimum atomic E-state index is -0.111. The molecule has 1 aliphatic carbocycles. The monoisotopic (exact) mass is 534 g/mol. The number of hydrogen-bond acceptors (Lipinski definition) is 4. The highest BCUT2D eigenvalue weighted by atomic mass is 32.2. The zero-order chi connectivity index (χ0) is 26.6. The van der Waals surface area contributed by atoms with Gasteiger partial charge in [-0.1, -0.05) is 104 Å². The van der Waals surface area contributed by atoms with Gasteiger partial charge in [0.15, 0.2) is 5.50 Å². The zero-order valence-corrected chi connectivity index (χ0v) is 23.1. The van der Waals surface area contributed by atoms with Gasteiger partial charge < -0.3 is 15.0 Å². The van der Waals surface area contributed by atoms with Gasteiger partial charge in [0.05, 0.1) is 4.91 Å². The lowest BCUT2D eigenvalue weighted by atomic mass is 9.85. The van der Waals surface area contributed by atoms with Crippen molar-refractivity contribution in [2.24, 2.45) is 5.92 Å². The van der Waals surface area contributed by atoms with Gasteiger partial charge in [-0.3, -0.25) is 4.79 Å². The Morgan fingerprint density at radius 1 is 0.897 bits per heavy atom. The van der Waals surface area contributed by atoms with Gasteiger partial charge in [-0.25, -0.2) is 0 Å². The first-order valence-corrected chi connectivity index (χ1v) is 14.8. The van der Waals surface area contributed by atoms with Crippen LogP contribution in [0.15, 0.2) is 102 Å². The van der Waals surface area contributed by atoms with Crippen LogP contribution in [-0.2, 0) is 11.4 Å². The number of carbonyl (C=O) groups excluding carboxylic acids is 1. The molecule has 0 aromatic heterocycles. The van der Waals surface area contributed by atoms with E-state index in [1.807, 2.05) is 48.5 Å². The largest absolute Gasteiger partial charge is 0.489 e. The third-order valence-electron chi connectivity index (χ3n) is 7.88. The van der Waals surface area contributed by atoms with E-state index in [0.29, 0.717) is 12.5 Å². The van der Waals surface area contributed by atoms with Crippen molar-refractivity contribution in [2.75, 3.05) is 5.32 Å².